The van der Waals surface area contributed by atoms with Gasteiger partial charge in [0.25, 0.3) is 0 Å². The van der Waals surface area contributed by atoms with Crippen LogP contribution in [-0.4, -0.2) is 26.9 Å². The van der Waals surface area contributed by atoms with E-state index in [-0.39, 0.29) is 30.2 Å². The van der Waals surface area contributed by atoms with Crippen LogP contribution < -0.4 is 5.32 Å². The monoisotopic (exact) mass is 310 g/mol. The number of benzene rings is 2. The van der Waals surface area contributed by atoms with Gasteiger partial charge in [-0.25, -0.2) is 9.07 Å². The number of hydrogen-bond donors (Lipinski definition) is 1. The molecule has 1 aliphatic rings. The molecule has 1 aromatic heterocycles. The molecule has 2 atom stereocenters. The van der Waals surface area contributed by atoms with Crippen molar-refractivity contribution in [3.63, 3.8) is 0 Å². The Morgan fingerprint density at radius 2 is 2.13 bits per heavy atom. The van der Waals surface area contributed by atoms with E-state index in [1.54, 1.807) is 10.7 Å². The van der Waals surface area contributed by atoms with Gasteiger partial charge >= 0.3 is 0 Å². The average molecular weight is 310 g/mol. The maximum atomic E-state index is 13.2. The molecule has 23 heavy (non-hydrogen) atoms. The van der Waals surface area contributed by atoms with E-state index in [1.807, 2.05) is 30.3 Å². The molecule has 4 rings (SSSR count). The smallest absolute Gasteiger partial charge is 0.242 e. The van der Waals surface area contributed by atoms with Crippen LogP contribution in [0, 0.1) is 5.82 Å². The molecule has 0 bridgehead atoms. The highest BCUT2D eigenvalue weighted by atomic mass is 19.1. The summed E-state index contributed by atoms with van der Waals surface area (Å²) in [5, 5.41) is 11.0. The van der Waals surface area contributed by atoms with Crippen LogP contribution in [0.5, 0.6) is 0 Å². The number of carbonyl (C=O) groups is 1. The van der Waals surface area contributed by atoms with Crippen molar-refractivity contribution in [2.45, 2.75) is 24.9 Å². The summed E-state index contributed by atoms with van der Waals surface area (Å²) in [6, 6.07) is 14.1. The molecule has 6 heteroatoms. The molecule has 0 unspecified atom stereocenters. The summed E-state index contributed by atoms with van der Waals surface area (Å²) in [5.41, 5.74) is 2.53. The first-order valence-corrected chi connectivity index (χ1v) is 7.54. The highest BCUT2D eigenvalue weighted by molar-refractivity contribution is 5.80. The summed E-state index contributed by atoms with van der Waals surface area (Å²) in [6.07, 6.45) is 0.841. The van der Waals surface area contributed by atoms with Gasteiger partial charge in [0.15, 0.2) is 0 Å². The Morgan fingerprint density at radius 1 is 1.26 bits per heavy atom. The summed E-state index contributed by atoms with van der Waals surface area (Å²) < 4.78 is 14.8. The van der Waals surface area contributed by atoms with Crippen LogP contribution in [0.15, 0.2) is 48.5 Å². The molecule has 5 nitrogen and oxygen atoms in total. The molecule has 1 heterocycles. The highest BCUT2D eigenvalue weighted by Crippen LogP contribution is 2.40. The molecule has 116 valence electrons. The van der Waals surface area contributed by atoms with Gasteiger partial charge in [-0.2, -0.15) is 0 Å². The second-order valence-corrected chi connectivity index (χ2v) is 5.81. The Hall–Kier alpha value is -2.76. The van der Waals surface area contributed by atoms with Crippen LogP contribution in [0.1, 0.15) is 17.9 Å². The molecule has 1 aliphatic carbocycles. The molecule has 2 aromatic carbocycles. The topological polar surface area (TPSA) is 59.8 Å². The van der Waals surface area contributed by atoms with E-state index in [0.29, 0.717) is 0 Å². The zero-order valence-corrected chi connectivity index (χ0v) is 12.3. The van der Waals surface area contributed by atoms with Gasteiger partial charge in [0.1, 0.15) is 17.9 Å². The number of hydrogen-bond acceptors (Lipinski definition) is 3. The number of amides is 1. The third-order valence-corrected chi connectivity index (χ3v) is 4.13. The lowest BCUT2D eigenvalue weighted by Gasteiger charge is -2.05. The lowest BCUT2D eigenvalue weighted by molar-refractivity contribution is -0.121. The molecule has 1 amide bonds. The van der Waals surface area contributed by atoms with E-state index in [4.69, 9.17) is 0 Å². The van der Waals surface area contributed by atoms with E-state index < -0.39 is 0 Å². The van der Waals surface area contributed by atoms with Gasteiger partial charge in [0.2, 0.25) is 5.91 Å². The van der Waals surface area contributed by atoms with Crippen molar-refractivity contribution < 1.29 is 9.18 Å². The van der Waals surface area contributed by atoms with Gasteiger partial charge in [-0.05, 0) is 36.2 Å². The summed E-state index contributed by atoms with van der Waals surface area (Å²) in [4.78, 5) is 12.2. The van der Waals surface area contributed by atoms with E-state index >= 15 is 0 Å². The standard InChI is InChI=1S/C17H15FN4O/c18-12-5-3-4-11(8-12)13-9-15(13)19-17(23)10-22-16-7-2-1-6-14(16)20-21-22/h1-8,13,15H,9-10H2,(H,19,23)/t13-,15-/m0/s1. The summed E-state index contributed by atoms with van der Waals surface area (Å²) in [5.74, 6) is -0.153. The van der Waals surface area contributed by atoms with Crippen LogP contribution in [-0.2, 0) is 11.3 Å². The molecule has 3 aromatic rings. The Bertz CT molecular complexity index is 876. The molecule has 0 spiro atoms. The minimum atomic E-state index is -0.242. The molecule has 1 N–H and O–H groups in total. The van der Waals surface area contributed by atoms with Crippen molar-refractivity contribution >= 4 is 16.9 Å². The van der Waals surface area contributed by atoms with Crippen molar-refractivity contribution in [1.82, 2.24) is 20.3 Å². The van der Waals surface area contributed by atoms with Gasteiger partial charge < -0.3 is 5.32 Å². The predicted molar refractivity (Wildman–Crippen MR) is 83.2 cm³/mol. The van der Waals surface area contributed by atoms with Crippen molar-refractivity contribution in [2.24, 2.45) is 0 Å². The zero-order valence-electron chi connectivity index (χ0n) is 12.3. The third kappa shape index (κ3) is 2.79. The van der Waals surface area contributed by atoms with Crippen LogP contribution in [0.25, 0.3) is 11.0 Å². The van der Waals surface area contributed by atoms with Crippen molar-refractivity contribution in [1.29, 1.82) is 0 Å². The molecular weight excluding hydrogens is 295 g/mol. The van der Waals surface area contributed by atoms with Crippen LogP contribution in [0.2, 0.25) is 0 Å². The lowest BCUT2D eigenvalue weighted by atomic mass is 10.1. The van der Waals surface area contributed by atoms with Gasteiger partial charge in [-0.3, -0.25) is 4.79 Å². The maximum Gasteiger partial charge on any atom is 0.242 e. The quantitative estimate of drug-likeness (QED) is 0.804. The fourth-order valence-corrected chi connectivity index (χ4v) is 2.88. The summed E-state index contributed by atoms with van der Waals surface area (Å²) in [6.45, 7) is 0.132. The van der Waals surface area contributed by atoms with E-state index in [1.165, 1.54) is 12.1 Å². The largest absolute Gasteiger partial charge is 0.351 e. The van der Waals surface area contributed by atoms with E-state index in [2.05, 4.69) is 15.6 Å². The average Bonchev–Trinajstić information content (AvgIpc) is 3.19. The third-order valence-electron chi connectivity index (χ3n) is 4.13. The first-order chi connectivity index (χ1) is 11.2. The molecule has 1 saturated carbocycles. The molecule has 0 saturated heterocycles. The molecule has 1 fully saturated rings. The Labute approximate surface area is 132 Å². The number of carbonyl (C=O) groups excluding carboxylic acids is 1. The van der Waals surface area contributed by atoms with Crippen LogP contribution >= 0.6 is 0 Å². The number of fused-ring (bicyclic) bond motifs is 1. The Morgan fingerprint density at radius 3 is 3.00 bits per heavy atom. The zero-order chi connectivity index (χ0) is 15.8. The van der Waals surface area contributed by atoms with Gasteiger partial charge in [-0.15, -0.1) is 5.10 Å². The first kappa shape index (κ1) is 13.9. The fraction of sp³-hybridized carbons (Fsp3) is 0.235. The van der Waals surface area contributed by atoms with E-state index in [0.717, 1.165) is 23.0 Å². The molecule has 0 radical (unpaired) electrons. The van der Waals surface area contributed by atoms with Crippen molar-refractivity contribution in [2.75, 3.05) is 0 Å². The molecular formula is C17H15FN4O. The van der Waals surface area contributed by atoms with Crippen molar-refractivity contribution in [3.8, 4) is 0 Å². The van der Waals surface area contributed by atoms with Crippen LogP contribution in [0.3, 0.4) is 0 Å². The minimum absolute atomic E-state index is 0.0686. The summed E-state index contributed by atoms with van der Waals surface area (Å²) in [7, 11) is 0. The SMILES string of the molecule is O=C(Cn1nnc2ccccc21)N[C@H]1C[C@H]1c1cccc(F)c1. The number of nitrogens with zero attached hydrogens (tertiary/aromatic N) is 3. The molecule has 0 aliphatic heterocycles. The fourth-order valence-electron chi connectivity index (χ4n) is 2.88. The Balaban J connectivity index is 1.40. The number of halogens is 1. The highest BCUT2D eigenvalue weighted by Gasteiger charge is 2.39. The predicted octanol–water partition coefficient (Wildman–Crippen LogP) is 2.24. The summed E-state index contributed by atoms with van der Waals surface area (Å²) >= 11 is 0. The second-order valence-electron chi connectivity index (χ2n) is 5.81. The first-order valence-electron chi connectivity index (χ1n) is 7.54. The van der Waals surface area contributed by atoms with Gasteiger partial charge in [0, 0.05) is 12.0 Å². The van der Waals surface area contributed by atoms with Gasteiger partial charge in [0.05, 0.1) is 5.52 Å². The van der Waals surface area contributed by atoms with Gasteiger partial charge in [-0.1, -0.05) is 29.5 Å². The van der Waals surface area contributed by atoms with E-state index in [9.17, 15) is 9.18 Å². The minimum Gasteiger partial charge on any atom is -0.351 e. The second kappa shape index (κ2) is 5.46. The Kier molecular flexibility index (Phi) is 3.29. The van der Waals surface area contributed by atoms with Crippen molar-refractivity contribution in [3.05, 3.63) is 59.9 Å². The number of aromatic nitrogens is 3. The maximum absolute atomic E-state index is 13.2. The normalized spacial score (nSPS) is 19.7. The lowest BCUT2D eigenvalue weighted by Crippen LogP contribution is -2.30. The number of para-hydroxylation sites is 1. The number of nitrogens with one attached hydrogen (secondary N) is 1. The number of rotatable bonds is 4. The van der Waals surface area contributed by atoms with Crippen LogP contribution in [0.4, 0.5) is 4.39 Å².